The number of alkyl halides is 3. The molecule has 0 fully saturated rings. The van der Waals surface area contributed by atoms with Crippen LogP contribution in [0.3, 0.4) is 0 Å². The van der Waals surface area contributed by atoms with Gasteiger partial charge in [0.05, 0.1) is 4.90 Å². The number of sulfonamides is 1. The summed E-state index contributed by atoms with van der Waals surface area (Å²) in [7, 11) is -2.45. The maximum Gasteiger partial charge on any atom is 0.409 e. The molecule has 6 nitrogen and oxygen atoms in total. The van der Waals surface area contributed by atoms with E-state index in [-0.39, 0.29) is 21.6 Å². The predicted molar refractivity (Wildman–Crippen MR) is 92.9 cm³/mol. The number of rotatable bonds is 6. The lowest BCUT2D eigenvalue weighted by molar-refractivity contribution is -0.171. The third kappa shape index (κ3) is 4.70. The van der Waals surface area contributed by atoms with Gasteiger partial charge in [0.1, 0.15) is 12.8 Å². The van der Waals surface area contributed by atoms with Gasteiger partial charge in [0.25, 0.3) is 5.56 Å². The molecule has 0 bridgehead atoms. The molecule has 1 atom stereocenters. The van der Waals surface area contributed by atoms with E-state index in [2.05, 4.69) is 0 Å². The molecule has 2 aromatic rings. The molecule has 0 aliphatic rings. The van der Waals surface area contributed by atoms with Crippen LogP contribution in [-0.2, 0) is 21.5 Å². The Labute approximate surface area is 158 Å². The van der Waals surface area contributed by atoms with Gasteiger partial charge in [-0.2, -0.15) is 17.5 Å². The van der Waals surface area contributed by atoms with Gasteiger partial charge < -0.3 is 4.74 Å². The van der Waals surface area contributed by atoms with Crippen LogP contribution in [0.4, 0.5) is 13.2 Å². The van der Waals surface area contributed by atoms with E-state index in [1.54, 1.807) is 0 Å². The van der Waals surface area contributed by atoms with Gasteiger partial charge in [-0.15, -0.1) is 0 Å². The Hall–Kier alpha value is -1.88. The molecule has 11 heteroatoms. The van der Waals surface area contributed by atoms with Crippen LogP contribution in [0, 0.1) is 0 Å². The molecule has 1 aromatic heterocycles. The Balaban J connectivity index is 2.53. The van der Waals surface area contributed by atoms with Crippen molar-refractivity contribution in [3.05, 3.63) is 63.5 Å². The zero-order valence-electron chi connectivity index (χ0n) is 14.3. The Kier molecular flexibility index (Phi) is 6.35. The van der Waals surface area contributed by atoms with Crippen LogP contribution in [0.1, 0.15) is 11.6 Å². The fourth-order valence-corrected chi connectivity index (χ4v) is 3.93. The first kappa shape index (κ1) is 21.4. The van der Waals surface area contributed by atoms with Gasteiger partial charge >= 0.3 is 6.18 Å². The Morgan fingerprint density at radius 3 is 2.30 bits per heavy atom. The predicted octanol–water partition coefficient (Wildman–Crippen LogP) is 3.03. The van der Waals surface area contributed by atoms with Crippen molar-refractivity contribution in [3.8, 4) is 0 Å². The molecule has 148 valence electrons. The zero-order chi connectivity index (χ0) is 20.4. The Bertz CT molecular complexity index is 959. The normalized spacial score (nSPS) is 13.7. The molecule has 0 saturated heterocycles. The third-order valence-corrected chi connectivity index (χ3v) is 5.82. The van der Waals surface area contributed by atoms with E-state index in [0.717, 1.165) is 42.1 Å². The first-order valence-electron chi connectivity index (χ1n) is 7.48. The Morgan fingerprint density at radius 1 is 1.19 bits per heavy atom. The minimum Gasteiger partial charge on any atom is -0.364 e. The third-order valence-electron chi connectivity index (χ3n) is 3.76. The number of benzene rings is 1. The van der Waals surface area contributed by atoms with Gasteiger partial charge in [-0.3, -0.25) is 9.36 Å². The van der Waals surface area contributed by atoms with E-state index < -0.39 is 32.7 Å². The first-order valence-corrected chi connectivity index (χ1v) is 9.30. The number of hydrogen-bond donors (Lipinski definition) is 0. The highest BCUT2D eigenvalue weighted by atomic mass is 35.5. The smallest absolute Gasteiger partial charge is 0.364 e. The van der Waals surface area contributed by atoms with Gasteiger partial charge in [0.2, 0.25) is 10.0 Å². The number of hydrogen-bond acceptors (Lipinski definition) is 4. The first-order chi connectivity index (χ1) is 12.5. The molecule has 0 amide bonds. The quantitative estimate of drug-likeness (QED) is 0.714. The van der Waals surface area contributed by atoms with Gasteiger partial charge in [-0.05, 0) is 23.8 Å². The maximum atomic E-state index is 13.7. The lowest BCUT2D eigenvalue weighted by Gasteiger charge is -2.29. The molecule has 0 spiro atoms. The second kappa shape index (κ2) is 8.01. The molecule has 1 unspecified atom stereocenters. The average Bonchev–Trinajstić information content (AvgIpc) is 2.57. The second-order valence-corrected chi connectivity index (χ2v) is 8.04. The SMILES string of the molecule is COCn1cc(S(=O)(=O)N(C)C(c2ccc(Cl)cc2)C(F)(F)F)ccc1=O. The topological polar surface area (TPSA) is 68.6 Å². The van der Waals surface area contributed by atoms with E-state index in [0.29, 0.717) is 0 Å². The van der Waals surface area contributed by atoms with Gasteiger partial charge in [-0.1, -0.05) is 23.7 Å². The monoisotopic (exact) mass is 424 g/mol. The van der Waals surface area contributed by atoms with Crippen molar-refractivity contribution >= 4 is 21.6 Å². The summed E-state index contributed by atoms with van der Waals surface area (Å²) in [4.78, 5) is 11.2. The molecule has 27 heavy (non-hydrogen) atoms. The minimum absolute atomic E-state index is 0.215. The average molecular weight is 425 g/mol. The van der Waals surface area contributed by atoms with Crippen molar-refractivity contribution in [2.24, 2.45) is 0 Å². The molecule has 1 heterocycles. The second-order valence-electron chi connectivity index (χ2n) is 5.61. The molecule has 0 saturated carbocycles. The summed E-state index contributed by atoms with van der Waals surface area (Å²) in [6.07, 6.45) is -3.94. The number of nitrogens with zero attached hydrogens (tertiary/aromatic N) is 2. The molecule has 1 aromatic carbocycles. The molecule has 0 aliphatic carbocycles. The fourth-order valence-electron chi connectivity index (χ4n) is 2.46. The maximum absolute atomic E-state index is 13.7. The van der Waals surface area contributed by atoms with E-state index in [4.69, 9.17) is 16.3 Å². The minimum atomic E-state index is -4.88. The van der Waals surface area contributed by atoms with Crippen LogP contribution in [0.15, 0.2) is 52.3 Å². The van der Waals surface area contributed by atoms with Crippen molar-refractivity contribution in [1.82, 2.24) is 8.87 Å². The summed E-state index contributed by atoms with van der Waals surface area (Å²) in [6, 6.07) is 4.18. The van der Waals surface area contributed by atoms with Crippen molar-refractivity contribution in [2.45, 2.75) is 23.8 Å². The van der Waals surface area contributed by atoms with Crippen molar-refractivity contribution in [3.63, 3.8) is 0 Å². The summed E-state index contributed by atoms with van der Waals surface area (Å²) in [6.45, 7) is -0.244. The molecule has 0 radical (unpaired) electrons. The van der Waals surface area contributed by atoms with Gasteiger partial charge in [-0.25, -0.2) is 8.42 Å². The highest BCUT2D eigenvalue weighted by Crippen LogP contribution is 2.39. The van der Waals surface area contributed by atoms with Crippen LogP contribution in [0.2, 0.25) is 5.02 Å². The summed E-state index contributed by atoms with van der Waals surface area (Å²) < 4.78 is 72.4. The number of aromatic nitrogens is 1. The number of methoxy groups -OCH3 is 1. The molecule has 0 aliphatic heterocycles. The van der Waals surface area contributed by atoms with Crippen LogP contribution >= 0.6 is 11.6 Å². The van der Waals surface area contributed by atoms with Crippen LogP contribution in [0.25, 0.3) is 0 Å². The van der Waals surface area contributed by atoms with Gasteiger partial charge in [0.15, 0.2) is 0 Å². The standard InChI is InChI=1S/C16H16ClF3N2O4S/c1-21(15(16(18,19)20)11-3-5-12(17)6-4-11)27(24,25)13-7-8-14(23)22(9-13)10-26-2/h3-9,15H,10H2,1-2H3. The van der Waals surface area contributed by atoms with E-state index in [9.17, 15) is 26.4 Å². The number of pyridine rings is 1. The lowest BCUT2D eigenvalue weighted by atomic mass is 10.1. The van der Waals surface area contributed by atoms with E-state index >= 15 is 0 Å². The molecule has 2 rings (SSSR count). The van der Waals surface area contributed by atoms with Gasteiger partial charge in [0, 0.05) is 31.4 Å². The van der Waals surface area contributed by atoms with Crippen LogP contribution in [0.5, 0.6) is 0 Å². The van der Waals surface area contributed by atoms with Crippen molar-refractivity contribution in [2.75, 3.05) is 14.2 Å². The lowest BCUT2D eigenvalue weighted by Crippen LogP contribution is -2.40. The largest absolute Gasteiger partial charge is 0.409 e. The summed E-state index contributed by atoms with van der Waals surface area (Å²) in [5.41, 5.74) is -0.841. The number of ether oxygens (including phenoxy) is 1. The number of halogens is 4. The molecule has 0 N–H and O–H groups in total. The molecular weight excluding hydrogens is 409 g/mol. The van der Waals surface area contributed by atoms with Crippen LogP contribution in [-0.4, -0.2) is 37.6 Å². The van der Waals surface area contributed by atoms with Crippen molar-refractivity contribution < 1.29 is 26.3 Å². The fraction of sp³-hybridized carbons (Fsp3) is 0.312. The summed E-state index contributed by atoms with van der Waals surface area (Å²) in [5.74, 6) is 0. The summed E-state index contributed by atoms with van der Waals surface area (Å²) >= 11 is 5.70. The van der Waals surface area contributed by atoms with Crippen molar-refractivity contribution in [1.29, 1.82) is 0 Å². The summed E-state index contributed by atoms with van der Waals surface area (Å²) in [5, 5.41) is 0.219. The molecular formula is C16H16ClF3N2O4S. The van der Waals surface area contributed by atoms with E-state index in [1.165, 1.54) is 19.2 Å². The highest BCUT2D eigenvalue weighted by molar-refractivity contribution is 7.89. The Morgan fingerprint density at radius 2 is 1.78 bits per heavy atom. The van der Waals surface area contributed by atoms with E-state index in [1.807, 2.05) is 0 Å². The zero-order valence-corrected chi connectivity index (χ0v) is 15.8. The highest BCUT2D eigenvalue weighted by Gasteiger charge is 2.47. The van der Waals surface area contributed by atoms with Crippen LogP contribution < -0.4 is 5.56 Å².